The third-order valence-electron chi connectivity index (χ3n) is 5.14. The number of carbonyl (C=O) groups is 1. The molecule has 2 aromatic rings. The van der Waals surface area contributed by atoms with Crippen molar-refractivity contribution in [3.05, 3.63) is 41.5 Å². The number of fused-ring (bicyclic) bond motifs is 1. The highest BCUT2D eigenvalue weighted by molar-refractivity contribution is 5.94. The zero-order valence-corrected chi connectivity index (χ0v) is 14.4. The molecule has 1 N–H and O–H groups in total. The number of amides is 1. The molecule has 4 rings (SSSR count). The third-order valence-corrected chi connectivity index (χ3v) is 5.14. The van der Waals surface area contributed by atoms with E-state index in [0.29, 0.717) is 11.5 Å². The van der Waals surface area contributed by atoms with Gasteiger partial charge in [0, 0.05) is 37.7 Å². The smallest absolute Gasteiger partial charge is 0.253 e. The molecule has 0 aliphatic carbocycles. The van der Waals surface area contributed by atoms with Crippen LogP contribution in [0.2, 0.25) is 0 Å². The SMILES string of the molecule is COc1ccc(C(=O)N2CCC(c3nnc4n3CCNC4)CC2)cc1. The molecule has 1 aromatic carbocycles. The molecule has 132 valence electrons. The fourth-order valence-corrected chi connectivity index (χ4v) is 3.67. The summed E-state index contributed by atoms with van der Waals surface area (Å²) in [6.45, 7) is 4.21. The van der Waals surface area contributed by atoms with E-state index in [4.69, 9.17) is 4.74 Å². The van der Waals surface area contributed by atoms with Gasteiger partial charge in [-0.25, -0.2) is 0 Å². The topological polar surface area (TPSA) is 72.3 Å². The minimum atomic E-state index is 0.0913. The van der Waals surface area contributed by atoms with Crippen molar-refractivity contribution in [3.8, 4) is 5.75 Å². The van der Waals surface area contributed by atoms with Gasteiger partial charge < -0.3 is 19.5 Å². The van der Waals surface area contributed by atoms with Gasteiger partial charge in [-0.1, -0.05) is 0 Å². The Morgan fingerprint density at radius 2 is 1.92 bits per heavy atom. The van der Waals surface area contributed by atoms with Crippen molar-refractivity contribution in [1.82, 2.24) is 25.0 Å². The van der Waals surface area contributed by atoms with Gasteiger partial charge in [-0.05, 0) is 37.1 Å². The first-order valence-electron chi connectivity index (χ1n) is 8.82. The van der Waals surface area contributed by atoms with Gasteiger partial charge in [-0.3, -0.25) is 4.79 Å². The number of aromatic nitrogens is 3. The number of nitrogens with one attached hydrogen (secondary N) is 1. The second-order valence-corrected chi connectivity index (χ2v) is 6.60. The molecule has 1 aromatic heterocycles. The Balaban J connectivity index is 1.41. The lowest BCUT2D eigenvalue weighted by Crippen LogP contribution is -2.38. The van der Waals surface area contributed by atoms with Crippen LogP contribution in [0, 0.1) is 0 Å². The molecule has 7 nitrogen and oxygen atoms in total. The van der Waals surface area contributed by atoms with Gasteiger partial charge >= 0.3 is 0 Å². The second-order valence-electron chi connectivity index (χ2n) is 6.60. The summed E-state index contributed by atoms with van der Waals surface area (Å²) >= 11 is 0. The standard InChI is InChI=1S/C18H23N5O2/c1-25-15-4-2-14(3-5-15)18(24)22-9-6-13(7-10-22)17-21-20-16-12-19-8-11-23(16)17/h2-5,13,19H,6-12H2,1H3. The maximum Gasteiger partial charge on any atom is 0.253 e. The van der Waals surface area contributed by atoms with E-state index in [-0.39, 0.29) is 5.91 Å². The van der Waals surface area contributed by atoms with E-state index in [1.807, 2.05) is 29.2 Å². The number of piperidine rings is 1. The molecule has 3 heterocycles. The second kappa shape index (κ2) is 6.84. The molecule has 0 bridgehead atoms. The van der Waals surface area contributed by atoms with Crippen molar-refractivity contribution >= 4 is 5.91 Å². The van der Waals surface area contributed by atoms with Gasteiger partial charge in [0.05, 0.1) is 13.7 Å². The maximum absolute atomic E-state index is 12.7. The van der Waals surface area contributed by atoms with Crippen LogP contribution < -0.4 is 10.1 Å². The van der Waals surface area contributed by atoms with Crippen LogP contribution in [0.1, 0.15) is 40.8 Å². The Hall–Kier alpha value is -2.41. The largest absolute Gasteiger partial charge is 0.497 e. The molecular formula is C18H23N5O2. The van der Waals surface area contributed by atoms with Crippen LogP contribution >= 0.6 is 0 Å². The molecule has 0 unspecified atom stereocenters. The minimum absolute atomic E-state index is 0.0913. The van der Waals surface area contributed by atoms with E-state index >= 15 is 0 Å². The Bertz CT molecular complexity index is 747. The number of methoxy groups -OCH3 is 1. The summed E-state index contributed by atoms with van der Waals surface area (Å²) in [4.78, 5) is 14.6. The molecule has 0 spiro atoms. The number of hydrogen-bond donors (Lipinski definition) is 1. The van der Waals surface area contributed by atoms with E-state index in [9.17, 15) is 4.79 Å². The van der Waals surface area contributed by atoms with Crippen LogP contribution in [0.15, 0.2) is 24.3 Å². The Morgan fingerprint density at radius 1 is 1.16 bits per heavy atom. The fraction of sp³-hybridized carbons (Fsp3) is 0.500. The monoisotopic (exact) mass is 341 g/mol. The van der Waals surface area contributed by atoms with Gasteiger partial charge in [-0.15, -0.1) is 10.2 Å². The molecule has 1 fully saturated rings. The summed E-state index contributed by atoms with van der Waals surface area (Å²) < 4.78 is 7.40. The molecule has 0 radical (unpaired) electrons. The van der Waals surface area contributed by atoms with Crippen molar-refractivity contribution in [2.45, 2.75) is 31.8 Å². The molecule has 7 heteroatoms. The zero-order valence-electron chi connectivity index (χ0n) is 14.4. The molecule has 1 amide bonds. The number of nitrogens with zero attached hydrogens (tertiary/aromatic N) is 4. The summed E-state index contributed by atoms with van der Waals surface area (Å²) in [7, 11) is 1.63. The summed E-state index contributed by atoms with van der Waals surface area (Å²) in [5.41, 5.74) is 0.713. The summed E-state index contributed by atoms with van der Waals surface area (Å²) in [5.74, 6) is 3.36. The van der Waals surface area contributed by atoms with E-state index in [1.165, 1.54) is 0 Å². The van der Waals surface area contributed by atoms with Gasteiger partial charge in [0.15, 0.2) is 0 Å². The average Bonchev–Trinajstić information content (AvgIpc) is 3.12. The van der Waals surface area contributed by atoms with Crippen LogP contribution in [0.3, 0.4) is 0 Å². The maximum atomic E-state index is 12.7. The normalized spacial score (nSPS) is 18.0. The highest BCUT2D eigenvalue weighted by Gasteiger charge is 2.29. The van der Waals surface area contributed by atoms with Crippen molar-refractivity contribution < 1.29 is 9.53 Å². The van der Waals surface area contributed by atoms with Crippen LogP contribution in [0.4, 0.5) is 0 Å². The Kier molecular flexibility index (Phi) is 4.40. The number of hydrogen-bond acceptors (Lipinski definition) is 5. The summed E-state index contributed by atoms with van der Waals surface area (Å²) in [6.07, 6.45) is 1.88. The van der Waals surface area contributed by atoms with Crippen molar-refractivity contribution in [1.29, 1.82) is 0 Å². The Labute approximate surface area is 147 Å². The lowest BCUT2D eigenvalue weighted by atomic mass is 9.95. The minimum Gasteiger partial charge on any atom is -0.497 e. The zero-order chi connectivity index (χ0) is 17.2. The molecule has 0 saturated carbocycles. The van der Waals surface area contributed by atoms with E-state index < -0.39 is 0 Å². The lowest BCUT2D eigenvalue weighted by molar-refractivity contribution is 0.0710. The molecule has 0 atom stereocenters. The molecule has 25 heavy (non-hydrogen) atoms. The van der Waals surface area contributed by atoms with Crippen molar-refractivity contribution in [2.24, 2.45) is 0 Å². The molecular weight excluding hydrogens is 318 g/mol. The molecule has 1 saturated heterocycles. The Morgan fingerprint density at radius 3 is 2.64 bits per heavy atom. The van der Waals surface area contributed by atoms with Gasteiger partial charge in [-0.2, -0.15) is 0 Å². The number of carbonyl (C=O) groups excluding carboxylic acids is 1. The quantitative estimate of drug-likeness (QED) is 0.914. The van der Waals surface area contributed by atoms with Crippen LogP contribution in [0.5, 0.6) is 5.75 Å². The van der Waals surface area contributed by atoms with E-state index in [0.717, 1.165) is 63.0 Å². The first-order chi connectivity index (χ1) is 12.3. The summed E-state index contributed by atoms with van der Waals surface area (Å²) in [5, 5.41) is 12.1. The highest BCUT2D eigenvalue weighted by atomic mass is 16.5. The van der Waals surface area contributed by atoms with Crippen molar-refractivity contribution in [2.75, 3.05) is 26.7 Å². The fourth-order valence-electron chi connectivity index (χ4n) is 3.67. The summed E-state index contributed by atoms with van der Waals surface area (Å²) in [6, 6.07) is 7.32. The van der Waals surface area contributed by atoms with E-state index in [1.54, 1.807) is 7.11 Å². The predicted octanol–water partition coefficient (Wildman–Crippen LogP) is 1.41. The van der Waals surface area contributed by atoms with Crippen LogP contribution in [-0.2, 0) is 13.1 Å². The molecule has 2 aliphatic heterocycles. The number of rotatable bonds is 3. The first kappa shape index (κ1) is 16.1. The number of likely N-dealkylation sites (tertiary alicyclic amines) is 1. The molecule has 2 aliphatic rings. The average molecular weight is 341 g/mol. The van der Waals surface area contributed by atoms with Crippen molar-refractivity contribution in [3.63, 3.8) is 0 Å². The van der Waals surface area contributed by atoms with Crippen LogP contribution in [0.25, 0.3) is 0 Å². The number of ether oxygens (including phenoxy) is 1. The van der Waals surface area contributed by atoms with Gasteiger partial charge in [0.1, 0.15) is 17.4 Å². The number of benzene rings is 1. The van der Waals surface area contributed by atoms with Gasteiger partial charge in [0.2, 0.25) is 0 Å². The third kappa shape index (κ3) is 3.11. The highest BCUT2D eigenvalue weighted by Crippen LogP contribution is 2.28. The van der Waals surface area contributed by atoms with Crippen LogP contribution in [-0.4, -0.2) is 52.3 Å². The lowest BCUT2D eigenvalue weighted by Gasteiger charge is -2.32. The van der Waals surface area contributed by atoms with Gasteiger partial charge in [0.25, 0.3) is 5.91 Å². The first-order valence-corrected chi connectivity index (χ1v) is 8.82. The predicted molar refractivity (Wildman–Crippen MR) is 92.6 cm³/mol. The van der Waals surface area contributed by atoms with E-state index in [2.05, 4.69) is 20.1 Å².